The Bertz CT molecular complexity index is 1730. The summed E-state index contributed by atoms with van der Waals surface area (Å²) in [6.45, 7) is 2.32. The van der Waals surface area contributed by atoms with Gasteiger partial charge in [0, 0.05) is 46.0 Å². The minimum Gasteiger partial charge on any atom is -0.466 e. The second-order valence-electron chi connectivity index (χ2n) is 9.25. The number of nitrogens with zero attached hydrogens (tertiary/aromatic N) is 2. The van der Waals surface area contributed by atoms with Crippen LogP contribution in [0.15, 0.2) is 95.8 Å². The van der Waals surface area contributed by atoms with Gasteiger partial charge in [0.05, 0.1) is 35.9 Å². The van der Waals surface area contributed by atoms with Gasteiger partial charge in [0.1, 0.15) is 0 Å². The number of fused-ring (bicyclic) bond motifs is 3. The van der Waals surface area contributed by atoms with Crippen LogP contribution in [0, 0.1) is 11.3 Å². The molecule has 0 saturated heterocycles. The van der Waals surface area contributed by atoms with Crippen molar-refractivity contribution in [1.29, 1.82) is 5.26 Å². The first kappa shape index (κ1) is 22.6. The van der Waals surface area contributed by atoms with Crippen molar-refractivity contribution in [2.75, 3.05) is 7.11 Å². The molecule has 1 atom stereocenters. The van der Waals surface area contributed by atoms with E-state index >= 15 is 0 Å². The number of hydrogen-bond acceptors (Lipinski definition) is 5. The molecule has 2 aliphatic rings. The number of dihydropyridines is 1. The molecule has 37 heavy (non-hydrogen) atoms. The van der Waals surface area contributed by atoms with Gasteiger partial charge in [-0.1, -0.05) is 60.7 Å². The van der Waals surface area contributed by atoms with E-state index in [1.54, 1.807) is 0 Å². The number of nitrogens with one attached hydrogen (secondary N) is 1. The predicted molar refractivity (Wildman–Crippen MR) is 140 cm³/mol. The Morgan fingerprint density at radius 1 is 1.03 bits per heavy atom. The molecule has 1 aromatic heterocycles. The summed E-state index contributed by atoms with van der Waals surface area (Å²) in [6.07, 6.45) is 2.01. The summed E-state index contributed by atoms with van der Waals surface area (Å²) in [5.74, 6) is -1.18. The third-order valence-corrected chi connectivity index (χ3v) is 7.26. The van der Waals surface area contributed by atoms with Crippen LogP contribution in [0.5, 0.6) is 0 Å². The number of benzene rings is 3. The number of hydrogen-bond donors (Lipinski definition) is 1. The summed E-state index contributed by atoms with van der Waals surface area (Å²) < 4.78 is 7.29. The van der Waals surface area contributed by atoms with E-state index in [-0.39, 0.29) is 5.78 Å². The van der Waals surface area contributed by atoms with Gasteiger partial charge in [-0.3, -0.25) is 4.79 Å². The molecule has 0 unspecified atom stereocenters. The third kappa shape index (κ3) is 3.40. The number of aromatic nitrogens is 1. The van der Waals surface area contributed by atoms with E-state index in [1.165, 1.54) is 7.11 Å². The second-order valence-corrected chi connectivity index (χ2v) is 9.25. The quantitative estimate of drug-likeness (QED) is 0.397. The molecule has 1 N–H and O–H groups in total. The van der Waals surface area contributed by atoms with E-state index in [0.717, 1.165) is 33.3 Å². The van der Waals surface area contributed by atoms with Crippen LogP contribution in [0.4, 0.5) is 0 Å². The molecular formula is C31H23N3O3. The number of methoxy groups -OCH3 is 1. The first-order valence-corrected chi connectivity index (χ1v) is 12.0. The lowest BCUT2D eigenvalue weighted by molar-refractivity contribution is -0.136. The lowest BCUT2D eigenvalue weighted by Gasteiger charge is -2.28. The van der Waals surface area contributed by atoms with Crippen molar-refractivity contribution in [3.63, 3.8) is 0 Å². The van der Waals surface area contributed by atoms with Gasteiger partial charge in [-0.25, -0.2) is 4.79 Å². The summed E-state index contributed by atoms with van der Waals surface area (Å²) >= 11 is 0. The zero-order valence-electron chi connectivity index (χ0n) is 20.4. The molecule has 0 amide bonds. The molecule has 3 aromatic carbocycles. The maximum atomic E-state index is 13.8. The lowest BCUT2D eigenvalue weighted by Crippen LogP contribution is -2.29. The Kier molecular flexibility index (Phi) is 5.27. The van der Waals surface area contributed by atoms with E-state index in [1.807, 2.05) is 85.9 Å². The van der Waals surface area contributed by atoms with Gasteiger partial charge in [0.15, 0.2) is 5.78 Å². The summed E-state index contributed by atoms with van der Waals surface area (Å²) in [5.41, 5.74) is 7.13. The third-order valence-electron chi connectivity index (χ3n) is 7.26. The van der Waals surface area contributed by atoms with Crippen molar-refractivity contribution >= 4 is 28.4 Å². The molecular weight excluding hydrogens is 462 g/mol. The molecule has 2 heterocycles. The fourth-order valence-corrected chi connectivity index (χ4v) is 5.61. The molecule has 0 spiro atoms. The highest BCUT2D eigenvalue weighted by Crippen LogP contribution is 2.48. The summed E-state index contributed by atoms with van der Waals surface area (Å²) in [7, 11) is 1.36. The zero-order chi connectivity index (χ0) is 25.7. The zero-order valence-corrected chi connectivity index (χ0v) is 20.4. The second kappa shape index (κ2) is 8.65. The smallest absolute Gasteiger partial charge is 0.336 e. The number of allylic oxidation sites excluding steroid dienone is 2. The molecule has 0 saturated carbocycles. The molecule has 6 heteroatoms. The van der Waals surface area contributed by atoms with Gasteiger partial charge in [0.2, 0.25) is 0 Å². The molecule has 6 rings (SSSR count). The van der Waals surface area contributed by atoms with Crippen molar-refractivity contribution < 1.29 is 14.3 Å². The van der Waals surface area contributed by atoms with Gasteiger partial charge < -0.3 is 14.6 Å². The minimum atomic E-state index is -0.610. The monoisotopic (exact) mass is 485 g/mol. The molecule has 180 valence electrons. The number of carbonyl (C=O) groups excluding carboxylic acids is 2. The van der Waals surface area contributed by atoms with Crippen LogP contribution in [0.2, 0.25) is 0 Å². The number of rotatable bonds is 4. The fourth-order valence-electron chi connectivity index (χ4n) is 5.61. The van der Waals surface area contributed by atoms with E-state index < -0.39 is 11.9 Å². The summed E-state index contributed by atoms with van der Waals surface area (Å²) in [6, 6.07) is 25.3. The van der Waals surface area contributed by atoms with Gasteiger partial charge in [-0.15, -0.1) is 0 Å². The molecule has 6 nitrogen and oxygen atoms in total. The normalized spacial score (nSPS) is 16.4. The van der Waals surface area contributed by atoms with E-state index in [0.29, 0.717) is 34.5 Å². The molecule has 0 radical (unpaired) electrons. The fraction of sp³-hybridized carbons (Fsp3) is 0.129. The first-order chi connectivity index (χ1) is 18.0. The van der Waals surface area contributed by atoms with Gasteiger partial charge in [-0.05, 0) is 30.2 Å². The van der Waals surface area contributed by atoms with Crippen molar-refractivity contribution in [1.82, 2.24) is 9.88 Å². The molecule has 1 aliphatic carbocycles. The Labute approximate surface area is 214 Å². The Hall–Kier alpha value is -4.89. The van der Waals surface area contributed by atoms with Gasteiger partial charge >= 0.3 is 5.97 Å². The largest absolute Gasteiger partial charge is 0.466 e. The number of nitriles is 1. The highest BCUT2D eigenvalue weighted by atomic mass is 16.5. The number of esters is 1. The number of Topliss-reactive ketones (excluding diaryl/α,β-unsaturated/α-hetero) is 1. The van der Waals surface area contributed by atoms with Crippen LogP contribution in [-0.2, 0) is 16.1 Å². The summed E-state index contributed by atoms with van der Waals surface area (Å²) in [5, 5.41) is 13.9. The van der Waals surface area contributed by atoms with Crippen LogP contribution >= 0.6 is 0 Å². The average molecular weight is 486 g/mol. The first-order valence-electron chi connectivity index (χ1n) is 12.0. The standard InChI is InChI=1S/C31H23N3O3/c1-18-26(31(36)37-2)27(28-29(33-18)22-12-5-6-13-23(22)30(28)35)24-17-34(25-14-8-7-11-21(24)25)16-20-10-4-3-9-19(20)15-32/h3-14,17,27,33H,16H2,1-2H3/t27-/m0/s1. The van der Waals surface area contributed by atoms with Crippen molar-refractivity contribution in [3.05, 3.63) is 124 Å². The SMILES string of the molecule is COC(=O)C1=C(C)NC2=C(C(=O)c3ccccc32)[C@H]1c1cn(Cc2ccccc2C#N)c2ccccc12. The van der Waals surface area contributed by atoms with E-state index in [4.69, 9.17) is 4.74 Å². The van der Waals surface area contributed by atoms with Gasteiger partial charge in [0.25, 0.3) is 0 Å². The minimum absolute atomic E-state index is 0.0938. The maximum Gasteiger partial charge on any atom is 0.336 e. The van der Waals surface area contributed by atoms with E-state index in [9.17, 15) is 14.9 Å². The number of para-hydroxylation sites is 1. The van der Waals surface area contributed by atoms with Crippen LogP contribution in [0.1, 0.15) is 45.5 Å². The van der Waals surface area contributed by atoms with Gasteiger partial charge in [-0.2, -0.15) is 5.26 Å². The molecule has 1 aliphatic heterocycles. The number of ketones is 1. The molecule has 0 bridgehead atoms. The topological polar surface area (TPSA) is 84.1 Å². The maximum absolute atomic E-state index is 13.8. The highest BCUT2D eigenvalue weighted by molar-refractivity contribution is 6.23. The van der Waals surface area contributed by atoms with Crippen LogP contribution in [0.25, 0.3) is 16.6 Å². The van der Waals surface area contributed by atoms with Crippen molar-refractivity contribution in [2.45, 2.75) is 19.4 Å². The van der Waals surface area contributed by atoms with Crippen LogP contribution < -0.4 is 5.32 Å². The Balaban J connectivity index is 1.59. The lowest BCUT2D eigenvalue weighted by atomic mass is 9.79. The number of ether oxygens (including phenoxy) is 1. The van der Waals surface area contributed by atoms with Crippen molar-refractivity contribution in [3.8, 4) is 6.07 Å². The van der Waals surface area contributed by atoms with Crippen LogP contribution in [0.3, 0.4) is 0 Å². The molecule has 4 aromatic rings. The summed E-state index contributed by atoms with van der Waals surface area (Å²) in [4.78, 5) is 26.9. The predicted octanol–water partition coefficient (Wildman–Crippen LogP) is 5.30. The van der Waals surface area contributed by atoms with E-state index in [2.05, 4.69) is 16.0 Å². The number of carbonyl (C=O) groups is 2. The Morgan fingerprint density at radius 3 is 2.51 bits per heavy atom. The highest BCUT2D eigenvalue weighted by Gasteiger charge is 2.43. The average Bonchev–Trinajstić information content (AvgIpc) is 3.43. The Morgan fingerprint density at radius 2 is 1.73 bits per heavy atom. The van der Waals surface area contributed by atoms with Crippen molar-refractivity contribution in [2.24, 2.45) is 0 Å². The van der Waals surface area contributed by atoms with Crippen LogP contribution in [-0.4, -0.2) is 23.4 Å². The molecule has 0 fully saturated rings.